The summed E-state index contributed by atoms with van der Waals surface area (Å²) in [6.45, 7) is 14.4. The maximum atomic E-state index is 14.7. The Morgan fingerprint density at radius 2 is 1.76 bits per heavy atom. The van der Waals surface area contributed by atoms with Crippen LogP contribution in [0.15, 0.2) is 96.4 Å². The van der Waals surface area contributed by atoms with E-state index in [-0.39, 0.29) is 56.2 Å². The van der Waals surface area contributed by atoms with Gasteiger partial charge in [0.15, 0.2) is 11.5 Å². The van der Waals surface area contributed by atoms with Crippen LogP contribution in [-0.2, 0) is 16.6 Å². The van der Waals surface area contributed by atoms with E-state index >= 15 is 0 Å². The quantitative estimate of drug-likeness (QED) is 0.0619. The topological polar surface area (TPSA) is 196 Å². The molecule has 1 spiro atoms. The first-order valence-electron chi connectivity index (χ1n) is 26.1. The van der Waals surface area contributed by atoms with Crippen LogP contribution in [0.2, 0.25) is 0 Å². The van der Waals surface area contributed by atoms with Crippen LogP contribution in [0.5, 0.6) is 11.5 Å². The number of aromatic nitrogens is 4. The summed E-state index contributed by atoms with van der Waals surface area (Å²) in [7, 11) is -3.22. The predicted molar refractivity (Wildman–Crippen MR) is 284 cm³/mol. The lowest BCUT2D eigenvalue weighted by Crippen LogP contribution is -2.98. The lowest BCUT2D eigenvalue weighted by molar-refractivity contribution is -0.751. The summed E-state index contributed by atoms with van der Waals surface area (Å²) < 4.78 is 51.1. The largest absolute Gasteiger partial charge is 0.629 e. The van der Waals surface area contributed by atoms with Crippen LogP contribution in [0.25, 0.3) is 11.0 Å². The van der Waals surface area contributed by atoms with Gasteiger partial charge in [-0.1, -0.05) is 38.1 Å². The number of pyridine rings is 3. The molecule has 4 aliphatic rings. The third kappa shape index (κ3) is 11.2. The van der Waals surface area contributed by atoms with Crippen LogP contribution in [0, 0.1) is 29.3 Å². The number of carbonyl (C=O) groups excluding carboxylic acids is 1. The number of nitrogens with one attached hydrogen (secondary N) is 4. The molecule has 16 nitrogen and oxygen atoms in total. The van der Waals surface area contributed by atoms with Crippen molar-refractivity contribution in [3.8, 4) is 11.5 Å². The van der Waals surface area contributed by atoms with Gasteiger partial charge in [-0.15, -0.1) is 0 Å². The van der Waals surface area contributed by atoms with E-state index in [1.807, 2.05) is 20.0 Å². The highest BCUT2D eigenvalue weighted by atomic mass is 32.2. The van der Waals surface area contributed by atoms with E-state index in [1.54, 1.807) is 18.2 Å². The average molecular weight is 1030 g/mol. The number of hydroxylamine groups is 1. The highest BCUT2D eigenvalue weighted by Gasteiger charge is 2.50. The summed E-state index contributed by atoms with van der Waals surface area (Å²) >= 11 is 0. The number of halogens is 1. The number of aliphatic hydroxyl groups is 1. The molecular weight excluding hydrogens is 960 g/mol. The number of piperazine rings is 1. The highest BCUT2D eigenvalue weighted by Crippen LogP contribution is 2.53. The average Bonchev–Trinajstić information content (AvgIpc) is 3.74. The molecule has 2 saturated heterocycles. The maximum Gasteiger partial charge on any atom is 0.268 e. The van der Waals surface area contributed by atoms with Crippen molar-refractivity contribution in [1.82, 2.24) is 34.5 Å². The molecule has 2 aliphatic carbocycles. The number of hydrogen-bond acceptors (Lipinski definition) is 13. The zero-order valence-corrected chi connectivity index (χ0v) is 43.9. The number of anilines is 2. The molecule has 5 N–H and O–H groups in total. The lowest BCUT2D eigenvalue weighted by atomic mass is 9.59. The van der Waals surface area contributed by atoms with Gasteiger partial charge >= 0.3 is 0 Å². The number of fused-ring (bicyclic) bond motifs is 1. The monoisotopic (exact) mass is 1030 g/mol. The van der Waals surface area contributed by atoms with Crippen LogP contribution < -0.4 is 24.7 Å². The summed E-state index contributed by atoms with van der Waals surface area (Å²) in [5.74, 6) is -0.353. The molecule has 2 aromatic carbocycles. The number of benzene rings is 2. The van der Waals surface area contributed by atoms with Crippen LogP contribution in [0.1, 0.15) is 117 Å². The number of sulfonamides is 1. The zero-order valence-electron chi connectivity index (χ0n) is 43.0. The molecule has 4 fully saturated rings. The van der Waals surface area contributed by atoms with Gasteiger partial charge in [-0.05, 0) is 129 Å². The number of aromatic amines is 1. The smallest absolute Gasteiger partial charge is 0.268 e. The predicted octanol–water partition coefficient (Wildman–Crippen LogP) is 8.14. The van der Waals surface area contributed by atoms with Crippen molar-refractivity contribution in [1.29, 1.82) is 0 Å². The fraction of sp³-hybridized carbons (Fsp3) is 0.464. The Morgan fingerprint density at radius 1 is 0.986 bits per heavy atom. The number of amides is 1. The highest BCUT2D eigenvalue weighted by molar-refractivity contribution is 7.90. The van der Waals surface area contributed by atoms with E-state index < -0.39 is 32.4 Å². The van der Waals surface area contributed by atoms with Crippen molar-refractivity contribution in [3.63, 3.8) is 0 Å². The van der Waals surface area contributed by atoms with Gasteiger partial charge < -0.3 is 35.3 Å². The van der Waals surface area contributed by atoms with E-state index in [9.17, 15) is 27.9 Å². The number of aryl methyl sites for hydroxylation is 1. The summed E-state index contributed by atoms with van der Waals surface area (Å²) in [4.78, 5) is 37.3. The first-order chi connectivity index (χ1) is 35.4. The number of H-pyrrole nitrogens is 1. The third-order valence-electron chi connectivity index (χ3n) is 16.3. The Bertz CT molecular complexity index is 3100. The molecule has 1 unspecified atom stereocenters. The summed E-state index contributed by atoms with van der Waals surface area (Å²) in [5.41, 5.74) is 5.82. The van der Waals surface area contributed by atoms with Crippen molar-refractivity contribution in [2.24, 2.45) is 11.3 Å². The second kappa shape index (κ2) is 20.9. The van der Waals surface area contributed by atoms with Gasteiger partial charge in [0.1, 0.15) is 27.9 Å². The lowest BCUT2D eigenvalue weighted by Gasteiger charge is -2.58. The molecule has 2 saturated carbocycles. The number of rotatable bonds is 15. The van der Waals surface area contributed by atoms with Crippen molar-refractivity contribution >= 4 is 44.2 Å². The van der Waals surface area contributed by atoms with Crippen LogP contribution in [-0.4, -0.2) is 107 Å². The fourth-order valence-corrected chi connectivity index (χ4v) is 12.9. The maximum absolute atomic E-state index is 14.7. The van der Waals surface area contributed by atoms with E-state index in [0.717, 1.165) is 95.4 Å². The molecule has 2 atom stereocenters. The Morgan fingerprint density at radius 3 is 2.50 bits per heavy atom. The van der Waals surface area contributed by atoms with Crippen molar-refractivity contribution < 1.29 is 32.5 Å². The van der Waals surface area contributed by atoms with E-state index in [0.29, 0.717) is 37.0 Å². The normalized spacial score (nSPS) is 22.2. The number of quaternary nitrogens is 1. The number of hydrogen-bond donors (Lipinski definition) is 5. The number of ether oxygens (including phenoxy) is 1. The zero-order chi connectivity index (χ0) is 51.9. The number of carbonyl (C=O) groups is 1. The molecule has 6 heterocycles. The fourth-order valence-electron chi connectivity index (χ4n) is 11.9. The van der Waals surface area contributed by atoms with Gasteiger partial charge in [0, 0.05) is 93.8 Å². The SMILES string of the molecule is Cc1cc(CN2CCN(C3CC4(CCN(c5ccc(C(=O)NS(=O)(=O)c6cnc(NC[C@H]7CC[C@](C)(O)CC7)c([NH+](C)[O-])c6)c(Oc6cnc7[nH]cc(F)c7c6)c5)CC4)C3)[C@H](c3ccccc3C(C)C)C2)ccn1. The molecule has 74 heavy (non-hydrogen) atoms. The standard InChI is InChI=1S/C56H69FN10O6S/c1-36(2)44-8-6-7-9-45(44)50-35-65(34-39-14-19-58-37(3)24-39)22-23-67(50)41-28-56(29-41)17-20-66(21-18-56)40-10-11-46(51(25-40)73-42-26-47-48(57)33-62-52(47)60-31-42)54(68)63-74(71,72)43-27-49(64(5)70)53(61-32-43)59-30-38-12-15-55(4,69)16-13-38/h6-11,14,19,24-27,31-33,36,38,41,50,64,69H,12-13,15-18,20-23,28-30,34-35H2,1-5H3,(H,59,61)(H,60,62)(H,63,68)/t38-,50-,55-/m0/s1. The molecule has 10 rings (SSSR count). The molecule has 1 amide bonds. The minimum Gasteiger partial charge on any atom is -0.629 e. The molecule has 18 heteroatoms. The van der Waals surface area contributed by atoms with E-state index in [2.05, 4.69) is 94.9 Å². The molecule has 6 aromatic rings. The van der Waals surface area contributed by atoms with Crippen molar-refractivity contribution in [2.45, 2.75) is 114 Å². The second-order valence-electron chi connectivity index (χ2n) is 22.0. The minimum absolute atomic E-state index is 0.0635. The van der Waals surface area contributed by atoms with E-state index in [1.165, 1.54) is 48.3 Å². The molecular formula is C56H69FN10O6S. The first kappa shape index (κ1) is 51.5. The number of piperidine rings is 1. The first-order valence-corrected chi connectivity index (χ1v) is 27.6. The summed E-state index contributed by atoms with van der Waals surface area (Å²) in [6.07, 6.45) is 12.8. The molecule has 0 bridgehead atoms. The van der Waals surface area contributed by atoms with Gasteiger partial charge in [0.2, 0.25) is 0 Å². The van der Waals surface area contributed by atoms with Crippen molar-refractivity contribution in [3.05, 3.63) is 130 Å². The van der Waals surface area contributed by atoms with Gasteiger partial charge in [-0.25, -0.2) is 27.5 Å². The number of nitrogens with zero attached hydrogens (tertiary/aromatic N) is 6. The van der Waals surface area contributed by atoms with Crippen LogP contribution >= 0.6 is 0 Å². The molecule has 2 aliphatic heterocycles. The Balaban J connectivity index is 0.840. The second-order valence-corrected chi connectivity index (χ2v) is 23.7. The Kier molecular flexibility index (Phi) is 14.6. The minimum atomic E-state index is -4.55. The third-order valence-corrected chi connectivity index (χ3v) is 17.6. The Hall–Kier alpha value is -6.02. The molecule has 392 valence electrons. The van der Waals surface area contributed by atoms with Crippen LogP contribution in [0.3, 0.4) is 0 Å². The van der Waals surface area contributed by atoms with E-state index in [4.69, 9.17) is 4.74 Å². The van der Waals surface area contributed by atoms with Gasteiger partial charge in [0.05, 0.1) is 36.0 Å². The van der Waals surface area contributed by atoms with Crippen molar-refractivity contribution in [2.75, 3.05) is 56.5 Å². The van der Waals surface area contributed by atoms with Crippen LogP contribution in [0.4, 0.5) is 21.6 Å². The summed E-state index contributed by atoms with van der Waals surface area (Å²) in [5, 5.41) is 26.2. The van der Waals surface area contributed by atoms with Gasteiger partial charge in [0.25, 0.3) is 15.9 Å². The Labute approximate surface area is 433 Å². The molecule has 4 aromatic heterocycles. The van der Waals surface area contributed by atoms with Gasteiger partial charge in [-0.2, -0.15) is 0 Å². The van der Waals surface area contributed by atoms with Gasteiger partial charge in [-0.3, -0.25) is 19.6 Å². The molecule has 0 radical (unpaired) electrons. The summed E-state index contributed by atoms with van der Waals surface area (Å²) in [6, 6.07) is 21.9.